The number of methoxy groups -OCH3 is 1. The Bertz CT molecular complexity index is 1890. The van der Waals surface area contributed by atoms with E-state index < -0.39 is 5.60 Å². The number of fused-ring (bicyclic) bond motifs is 1. The molecular weight excluding hydrogens is 596 g/mol. The van der Waals surface area contributed by atoms with Crippen LogP contribution in [-0.4, -0.2) is 67.2 Å². The fourth-order valence-corrected chi connectivity index (χ4v) is 5.70. The topological polar surface area (TPSA) is 128 Å². The highest BCUT2D eigenvalue weighted by molar-refractivity contribution is 5.95. The Labute approximate surface area is 274 Å². The lowest BCUT2D eigenvalue weighted by Crippen LogP contribution is -2.42. The Kier molecular flexibility index (Phi) is 8.33. The first kappa shape index (κ1) is 31.9. The number of pyridine rings is 1. The van der Waals surface area contributed by atoms with Gasteiger partial charge in [-0.15, -0.1) is 0 Å². The molecule has 2 aromatic carbocycles. The van der Waals surface area contributed by atoms with E-state index in [2.05, 4.69) is 26.1 Å². The lowest BCUT2D eigenvalue weighted by molar-refractivity contribution is 0.0184. The standard InChI is InChI=1S/C36H42N6O5/c1-35(2,3)40-32-27(33-39-28-12-13-29(43)30(31(28)46-33)22-8-10-26(45-7)11-9-22)18-23(19-37-32)24-20-38-42(21-24)25-14-16-41(17-15-25)34(44)47-36(4,5)6/h8-13,18-21,25,43H,14-17H2,1-7H3,(H,37,40). The van der Waals surface area contributed by atoms with Gasteiger partial charge in [0.05, 0.1) is 30.5 Å². The lowest BCUT2D eigenvalue weighted by atomic mass is 10.0. The molecule has 0 radical (unpaired) electrons. The molecule has 11 nitrogen and oxygen atoms in total. The number of benzene rings is 2. The Morgan fingerprint density at radius 2 is 1.70 bits per heavy atom. The van der Waals surface area contributed by atoms with Crippen LogP contribution in [0.5, 0.6) is 11.5 Å². The third kappa shape index (κ3) is 7.03. The van der Waals surface area contributed by atoms with Crippen molar-refractivity contribution in [3.8, 4) is 45.2 Å². The number of phenolic OH excluding ortho intramolecular Hbond substituents is 1. The number of hydrogen-bond donors (Lipinski definition) is 2. The third-order valence-corrected chi connectivity index (χ3v) is 7.95. The monoisotopic (exact) mass is 638 g/mol. The molecule has 1 amide bonds. The predicted molar refractivity (Wildman–Crippen MR) is 182 cm³/mol. The molecule has 4 heterocycles. The number of rotatable bonds is 6. The van der Waals surface area contributed by atoms with Crippen LogP contribution in [0.1, 0.15) is 60.4 Å². The molecular formula is C36H42N6O5. The van der Waals surface area contributed by atoms with Crippen molar-refractivity contribution in [1.82, 2.24) is 24.6 Å². The number of carbonyl (C=O) groups is 1. The van der Waals surface area contributed by atoms with E-state index in [0.29, 0.717) is 52.8 Å². The molecule has 1 saturated heterocycles. The second kappa shape index (κ2) is 12.3. The Balaban J connectivity index is 1.31. The first-order chi connectivity index (χ1) is 22.3. The molecule has 0 saturated carbocycles. The number of carbonyl (C=O) groups excluding carboxylic acids is 1. The van der Waals surface area contributed by atoms with Crippen molar-refractivity contribution in [2.24, 2.45) is 0 Å². The molecule has 1 aliphatic heterocycles. The van der Waals surface area contributed by atoms with Crippen molar-refractivity contribution in [1.29, 1.82) is 0 Å². The number of aromatic hydroxyl groups is 1. The number of nitrogens with one attached hydrogen (secondary N) is 1. The molecule has 0 atom stereocenters. The maximum atomic E-state index is 12.5. The van der Waals surface area contributed by atoms with E-state index in [1.54, 1.807) is 24.1 Å². The van der Waals surface area contributed by atoms with Crippen LogP contribution in [0.3, 0.4) is 0 Å². The summed E-state index contributed by atoms with van der Waals surface area (Å²) in [6.45, 7) is 13.1. The van der Waals surface area contributed by atoms with Gasteiger partial charge in [-0.2, -0.15) is 5.10 Å². The van der Waals surface area contributed by atoms with Crippen molar-refractivity contribution in [3.63, 3.8) is 0 Å². The highest BCUT2D eigenvalue weighted by Gasteiger charge is 2.28. The molecule has 5 aromatic rings. The fourth-order valence-electron chi connectivity index (χ4n) is 5.70. The zero-order chi connectivity index (χ0) is 33.5. The highest BCUT2D eigenvalue weighted by atomic mass is 16.6. The minimum atomic E-state index is -0.520. The van der Waals surface area contributed by atoms with Crippen LogP contribution in [0.25, 0.3) is 44.8 Å². The minimum Gasteiger partial charge on any atom is -0.507 e. The van der Waals surface area contributed by atoms with Gasteiger partial charge in [0.1, 0.15) is 28.4 Å². The van der Waals surface area contributed by atoms with Crippen LogP contribution in [0.2, 0.25) is 0 Å². The normalized spacial score (nSPS) is 14.4. The molecule has 1 fully saturated rings. The lowest BCUT2D eigenvalue weighted by Gasteiger charge is -2.33. The average molecular weight is 639 g/mol. The van der Waals surface area contributed by atoms with Crippen LogP contribution >= 0.6 is 0 Å². The molecule has 0 unspecified atom stereocenters. The van der Waals surface area contributed by atoms with Crippen LogP contribution in [0.15, 0.2) is 65.5 Å². The number of nitrogens with zero attached hydrogens (tertiary/aromatic N) is 5. The number of ether oxygens (including phenoxy) is 2. The van der Waals surface area contributed by atoms with Crippen LogP contribution < -0.4 is 10.1 Å². The maximum absolute atomic E-state index is 12.5. The quantitative estimate of drug-likeness (QED) is 0.191. The summed E-state index contributed by atoms with van der Waals surface area (Å²) in [5.74, 6) is 1.82. The Morgan fingerprint density at radius 3 is 2.36 bits per heavy atom. The van der Waals surface area contributed by atoms with E-state index in [0.717, 1.165) is 29.5 Å². The van der Waals surface area contributed by atoms with Gasteiger partial charge in [-0.1, -0.05) is 12.1 Å². The van der Waals surface area contributed by atoms with Crippen molar-refractivity contribution in [2.75, 3.05) is 25.5 Å². The molecule has 1 aliphatic rings. The molecule has 3 aromatic heterocycles. The van der Waals surface area contributed by atoms with E-state index in [1.807, 2.05) is 74.4 Å². The van der Waals surface area contributed by atoms with Crippen LogP contribution in [0, 0.1) is 0 Å². The van der Waals surface area contributed by atoms with E-state index in [9.17, 15) is 9.90 Å². The Hall–Kier alpha value is -5.06. The van der Waals surface area contributed by atoms with E-state index in [1.165, 1.54) is 0 Å². The first-order valence-electron chi connectivity index (χ1n) is 15.9. The zero-order valence-electron chi connectivity index (χ0n) is 28.0. The minimum absolute atomic E-state index is 0.0922. The molecule has 47 heavy (non-hydrogen) atoms. The number of likely N-dealkylation sites (tertiary alicyclic amines) is 1. The molecule has 0 bridgehead atoms. The number of aromatic nitrogens is 4. The van der Waals surface area contributed by atoms with Gasteiger partial charge in [0.25, 0.3) is 0 Å². The number of oxazole rings is 1. The largest absolute Gasteiger partial charge is 0.507 e. The predicted octanol–water partition coefficient (Wildman–Crippen LogP) is 7.92. The van der Waals surface area contributed by atoms with Gasteiger partial charge < -0.3 is 29.2 Å². The van der Waals surface area contributed by atoms with Gasteiger partial charge in [-0.3, -0.25) is 4.68 Å². The zero-order valence-corrected chi connectivity index (χ0v) is 28.0. The van der Waals surface area contributed by atoms with Crippen molar-refractivity contribution < 1.29 is 23.8 Å². The first-order valence-corrected chi connectivity index (χ1v) is 15.9. The van der Waals surface area contributed by atoms with Crippen LogP contribution in [-0.2, 0) is 4.74 Å². The van der Waals surface area contributed by atoms with Crippen molar-refractivity contribution in [2.45, 2.75) is 71.6 Å². The van der Waals surface area contributed by atoms with E-state index >= 15 is 0 Å². The fraction of sp³-hybridized carbons (Fsp3) is 0.389. The van der Waals surface area contributed by atoms with Gasteiger partial charge in [-0.05, 0) is 90.3 Å². The summed E-state index contributed by atoms with van der Waals surface area (Å²) in [6.07, 6.45) is 6.97. The van der Waals surface area contributed by atoms with Crippen LogP contribution in [0.4, 0.5) is 10.6 Å². The summed E-state index contributed by atoms with van der Waals surface area (Å²) in [5, 5.41) is 19.1. The summed E-state index contributed by atoms with van der Waals surface area (Å²) in [5.41, 5.74) is 4.07. The SMILES string of the molecule is COc1ccc(-c2c(O)ccc3nc(-c4cc(-c5cnn(C6CCN(C(=O)OC(C)(C)C)CC6)c5)cnc4NC(C)(C)C)oc23)cc1. The highest BCUT2D eigenvalue weighted by Crippen LogP contribution is 2.41. The third-order valence-electron chi connectivity index (χ3n) is 7.95. The number of hydrogen-bond acceptors (Lipinski definition) is 9. The smallest absolute Gasteiger partial charge is 0.410 e. The van der Waals surface area contributed by atoms with Gasteiger partial charge in [0, 0.05) is 42.1 Å². The number of piperidine rings is 1. The van der Waals surface area contributed by atoms with Gasteiger partial charge in [0.15, 0.2) is 5.58 Å². The van der Waals surface area contributed by atoms with E-state index in [-0.39, 0.29) is 23.4 Å². The maximum Gasteiger partial charge on any atom is 0.410 e. The molecule has 6 rings (SSSR count). The number of anilines is 1. The summed E-state index contributed by atoms with van der Waals surface area (Å²) in [6, 6.07) is 13.0. The second-order valence-corrected chi connectivity index (χ2v) is 14.0. The summed E-state index contributed by atoms with van der Waals surface area (Å²) in [4.78, 5) is 24.0. The van der Waals surface area contributed by atoms with Gasteiger partial charge >= 0.3 is 6.09 Å². The molecule has 11 heteroatoms. The second-order valence-electron chi connectivity index (χ2n) is 14.0. The van der Waals surface area contributed by atoms with Crippen molar-refractivity contribution >= 4 is 23.0 Å². The van der Waals surface area contributed by atoms with Gasteiger partial charge in [0.2, 0.25) is 5.89 Å². The van der Waals surface area contributed by atoms with E-state index in [4.69, 9.17) is 29.0 Å². The number of amides is 1. The Morgan fingerprint density at radius 1 is 0.979 bits per heavy atom. The average Bonchev–Trinajstić information content (AvgIpc) is 3.68. The molecule has 0 aliphatic carbocycles. The van der Waals surface area contributed by atoms with Gasteiger partial charge in [-0.25, -0.2) is 14.8 Å². The molecule has 0 spiro atoms. The summed E-state index contributed by atoms with van der Waals surface area (Å²) >= 11 is 0. The molecule has 2 N–H and O–H groups in total. The summed E-state index contributed by atoms with van der Waals surface area (Å²) < 4.78 is 19.3. The summed E-state index contributed by atoms with van der Waals surface area (Å²) in [7, 11) is 1.61. The molecule has 246 valence electrons. The van der Waals surface area contributed by atoms with Crippen molar-refractivity contribution in [3.05, 3.63) is 61.1 Å². The number of phenols is 1.